The van der Waals surface area contributed by atoms with Crippen molar-refractivity contribution < 1.29 is 14.2 Å². The zero-order valence-corrected chi connectivity index (χ0v) is 23.6. The predicted molar refractivity (Wildman–Crippen MR) is 150 cm³/mol. The largest absolute Gasteiger partial charge is 0.384 e. The van der Waals surface area contributed by atoms with E-state index < -0.39 is 5.97 Å². The third kappa shape index (κ3) is 16.8. The fourth-order valence-electron chi connectivity index (χ4n) is 3.65. The summed E-state index contributed by atoms with van der Waals surface area (Å²) < 4.78 is 18.8. The molecule has 0 aliphatic rings. The van der Waals surface area contributed by atoms with Crippen LogP contribution in [0.5, 0.6) is 0 Å². The molecule has 0 aliphatic carbocycles. The van der Waals surface area contributed by atoms with E-state index in [9.17, 15) is 0 Å². The molecule has 1 aromatic rings. The minimum absolute atomic E-state index is 0.121. The van der Waals surface area contributed by atoms with Crippen LogP contribution in [-0.4, -0.2) is 31.6 Å². The highest BCUT2D eigenvalue weighted by Gasteiger charge is 2.39. The first kappa shape index (κ1) is 33.6. The third-order valence-electron chi connectivity index (χ3n) is 6.08. The van der Waals surface area contributed by atoms with Crippen molar-refractivity contribution in [2.75, 3.05) is 19.8 Å². The van der Waals surface area contributed by atoms with E-state index in [1.165, 1.54) is 38.5 Å². The summed E-state index contributed by atoms with van der Waals surface area (Å²) >= 11 is 0. The smallest absolute Gasteiger partial charge is 0.285 e. The van der Waals surface area contributed by atoms with Crippen LogP contribution < -0.4 is 5.73 Å². The Morgan fingerprint density at radius 3 is 1.54 bits per heavy atom. The average Bonchev–Trinajstić information content (AvgIpc) is 2.87. The number of unbranched alkanes of at least 4 members (excludes halogenated alkanes) is 8. The molecule has 0 fully saturated rings. The van der Waals surface area contributed by atoms with Crippen LogP contribution in [0.25, 0.3) is 0 Å². The van der Waals surface area contributed by atoms with Crippen LogP contribution in [0.3, 0.4) is 0 Å². The van der Waals surface area contributed by atoms with Crippen LogP contribution in [0.15, 0.2) is 30.3 Å². The Bertz CT molecular complexity index is 568. The molecule has 1 atom stereocenters. The van der Waals surface area contributed by atoms with Crippen LogP contribution >= 0.6 is 0 Å². The molecule has 35 heavy (non-hydrogen) atoms. The number of rotatable bonds is 21. The number of hydrogen-bond donors (Lipinski definition) is 2. The molecule has 204 valence electrons. The predicted octanol–water partition coefficient (Wildman–Crippen LogP) is 8.45. The van der Waals surface area contributed by atoms with Gasteiger partial charge in [0.05, 0.1) is 19.8 Å². The second-order valence-electron chi connectivity index (χ2n) is 9.45. The Balaban J connectivity index is 0.00000106. The first-order valence-electron chi connectivity index (χ1n) is 14.3. The molecule has 0 saturated heterocycles. The molecule has 0 saturated carbocycles. The van der Waals surface area contributed by atoms with Crippen LogP contribution in [0.2, 0.25) is 0 Å². The summed E-state index contributed by atoms with van der Waals surface area (Å²) in [6.45, 7) is 13.3. The van der Waals surface area contributed by atoms with Crippen molar-refractivity contribution in [3.63, 3.8) is 0 Å². The number of nitrogens with two attached hydrogens (primary N) is 1. The van der Waals surface area contributed by atoms with Gasteiger partial charge in [0, 0.05) is 11.5 Å². The zero-order chi connectivity index (χ0) is 26.2. The van der Waals surface area contributed by atoms with Crippen molar-refractivity contribution in [1.82, 2.24) is 0 Å². The van der Waals surface area contributed by atoms with Crippen LogP contribution in [0, 0.1) is 11.3 Å². The average molecular weight is 493 g/mol. The zero-order valence-electron chi connectivity index (χ0n) is 23.6. The first-order valence-corrected chi connectivity index (χ1v) is 14.3. The highest BCUT2D eigenvalue weighted by molar-refractivity contribution is 5.94. The maximum Gasteiger partial charge on any atom is 0.285 e. The molecule has 5 nitrogen and oxygen atoms in total. The molecule has 0 aliphatic heterocycles. The van der Waals surface area contributed by atoms with Crippen molar-refractivity contribution in [3.05, 3.63) is 35.9 Å². The molecule has 5 heteroatoms. The highest BCUT2D eigenvalue weighted by atomic mass is 16.9. The maximum absolute atomic E-state index is 7.01. The summed E-state index contributed by atoms with van der Waals surface area (Å²) in [5, 5.41) is 7.01. The van der Waals surface area contributed by atoms with E-state index in [0.717, 1.165) is 70.3 Å². The number of hydrogen-bond acceptors (Lipinski definition) is 4. The number of nitrogen functional groups attached to an aromatic ring is 1. The van der Waals surface area contributed by atoms with Crippen LogP contribution in [0.1, 0.15) is 124 Å². The molecule has 0 heterocycles. The lowest BCUT2D eigenvalue weighted by molar-refractivity contribution is -0.404. The van der Waals surface area contributed by atoms with Gasteiger partial charge in [-0.1, -0.05) is 123 Å². The van der Waals surface area contributed by atoms with Gasteiger partial charge in [-0.2, -0.15) is 0 Å². The Labute approximate surface area is 217 Å². The van der Waals surface area contributed by atoms with Gasteiger partial charge >= 0.3 is 0 Å². The van der Waals surface area contributed by atoms with Crippen molar-refractivity contribution in [2.45, 2.75) is 124 Å². The lowest BCUT2D eigenvalue weighted by Gasteiger charge is -2.38. The Hall–Kier alpha value is -1.43. The van der Waals surface area contributed by atoms with Crippen LogP contribution in [0.4, 0.5) is 0 Å². The second kappa shape index (κ2) is 23.0. The standard InChI is InChI=1S/C23H48O3.C7H8N2/c1-6-10-14-15-16-17-18-22(5)23(24-19-11-7-2,25-20-12-8-3)26-21-13-9-4;8-7(9)6-4-2-1-3-5-6/h22H,6-21H2,1-5H3;1-5H,(H3,8,9). The van der Waals surface area contributed by atoms with Gasteiger partial charge < -0.3 is 19.9 Å². The number of benzene rings is 1. The van der Waals surface area contributed by atoms with Gasteiger partial charge in [-0.3, -0.25) is 5.41 Å². The van der Waals surface area contributed by atoms with E-state index in [1.54, 1.807) is 0 Å². The van der Waals surface area contributed by atoms with E-state index in [-0.39, 0.29) is 11.8 Å². The fraction of sp³-hybridized carbons (Fsp3) is 0.767. The molecule has 1 unspecified atom stereocenters. The van der Waals surface area contributed by atoms with Crippen molar-refractivity contribution >= 4 is 5.84 Å². The van der Waals surface area contributed by atoms with Gasteiger partial charge in [-0.15, -0.1) is 0 Å². The third-order valence-corrected chi connectivity index (χ3v) is 6.08. The molecule has 0 amide bonds. The molecule has 0 spiro atoms. The van der Waals surface area contributed by atoms with Gasteiger partial charge in [0.15, 0.2) is 0 Å². The lowest BCUT2D eigenvalue weighted by atomic mass is 9.99. The second-order valence-corrected chi connectivity index (χ2v) is 9.45. The Morgan fingerprint density at radius 2 is 1.14 bits per heavy atom. The SMILES string of the molecule is CCCCCCCCC(C)C(OCCCC)(OCCCC)OCCCC.N=C(N)c1ccccc1. The molecule has 0 radical (unpaired) electrons. The summed E-state index contributed by atoms with van der Waals surface area (Å²) in [5.41, 5.74) is 5.97. The van der Waals surface area contributed by atoms with Crippen molar-refractivity contribution in [3.8, 4) is 0 Å². The van der Waals surface area contributed by atoms with Gasteiger partial charge in [0.25, 0.3) is 5.97 Å². The van der Waals surface area contributed by atoms with Crippen LogP contribution in [-0.2, 0) is 14.2 Å². The molecule has 1 rings (SSSR count). The maximum atomic E-state index is 7.01. The van der Waals surface area contributed by atoms with Crippen molar-refractivity contribution in [1.29, 1.82) is 5.41 Å². The monoisotopic (exact) mass is 492 g/mol. The summed E-state index contributed by atoms with van der Waals surface area (Å²) in [6.07, 6.45) is 15.6. The van der Waals surface area contributed by atoms with Gasteiger partial charge in [0.2, 0.25) is 0 Å². The molecular weight excluding hydrogens is 436 g/mol. The summed E-state index contributed by atoms with van der Waals surface area (Å²) in [5.74, 6) is -0.460. The minimum atomic E-state index is -0.844. The Morgan fingerprint density at radius 1 is 0.714 bits per heavy atom. The topological polar surface area (TPSA) is 77.6 Å². The molecule has 0 bridgehead atoms. The summed E-state index contributed by atoms with van der Waals surface area (Å²) in [4.78, 5) is 0. The van der Waals surface area contributed by atoms with Gasteiger partial charge in [-0.05, 0) is 25.7 Å². The van der Waals surface area contributed by atoms with E-state index in [0.29, 0.717) is 0 Å². The van der Waals surface area contributed by atoms with E-state index >= 15 is 0 Å². The van der Waals surface area contributed by atoms with Gasteiger partial charge in [0.1, 0.15) is 5.84 Å². The summed E-state index contributed by atoms with van der Waals surface area (Å²) in [7, 11) is 0. The number of ether oxygens (including phenoxy) is 3. The Kier molecular flexibility index (Phi) is 22.1. The minimum Gasteiger partial charge on any atom is -0.384 e. The van der Waals surface area contributed by atoms with Crippen molar-refractivity contribution in [2.24, 2.45) is 11.7 Å². The lowest BCUT2D eigenvalue weighted by Crippen LogP contribution is -2.46. The molecule has 0 aromatic heterocycles. The molecule has 1 aromatic carbocycles. The normalized spacial score (nSPS) is 12.1. The van der Waals surface area contributed by atoms with E-state index in [1.807, 2.05) is 30.3 Å². The van der Waals surface area contributed by atoms with Gasteiger partial charge in [-0.25, -0.2) is 0 Å². The number of nitrogens with one attached hydrogen (secondary N) is 1. The molecule has 3 N–H and O–H groups in total. The summed E-state index contributed by atoms with van der Waals surface area (Å²) in [6, 6.07) is 9.23. The number of amidine groups is 1. The fourth-order valence-corrected chi connectivity index (χ4v) is 3.65. The first-order chi connectivity index (χ1) is 17.0. The highest BCUT2D eigenvalue weighted by Crippen LogP contribution is 2.31. The molecular formula is C30H56N2O3. The quantitative estimate of drug-likeness (QED) is 0.0781. The van der Waals surface area contributed by atoms with E-state index in [2.05, 4.69) is 34.6 Å². The van der Waals surface area contributed by atoms with E-state index in [4.69, 9.17) is 25.4 Å².